The molecule has 0 unspecified atom stereocenters. The van der Waals surface area contributed by atoms with Gasteiger partial charge in [0.15, 0.2) is 0 Å². The second-order valence-electron chi connectivity index (χ2n) is 5.38. The van der Waals surface area contributed by atoms with Gasteiger partial charge in [-0.05, 0) is 25.1 Å². The highest BCUT2D eigenvalue weighted by molar-refractivity contribution is 6.05. The van der Waals surface area contributed by atoms with E-state index in [0.717, 1.165) is 49.2 Å². The summed E-state index contributed by atoms with van der Waals surface area (Å²) in [7, 11) is 0. The van der Waals surface area contributed by atoms with Crippen molar-refractivity contribution in [2.75, 3.05) is 32.7 Å². The number of hydrogen-bond donors (Lipinski definition) is 1. The molecule has 1 aliphatic heterocycles. The molecule has 106 valence electrons. The summed E-state index contributed by atoms with van der Waals surface area (Å²) >= 11 is 0. The van der Waals surface area contributed by atoms with E-state index in [9.17, 15) is 4.79 Å². The van der Waals surface area contributed by atoms with Gasteiger partial charge >= 0.3 is 0 Å². The minimum absolute atomic E-state index is 0.147. The Morgan fingerprint density at radius 2 is 2.00 bits per heavy atom. The number of aromatic amines is 1. The van der Waals surface area contributed by atoms with Crippen molar-refractivity contribution in [1.29, 1.82) is 0 Å². The molecule has 20 heavy (non-hydrogen) atoms. The van der Waals surface area contributed by atoms with Crippen molar-refractivity contribution in [2.24, 2.45) is 0 Å². The summed E-state index contributed by atoms with van der Waals surface area (Å²) in [6.07, 6.45) is 3.07. The zero-order valence-electron chi connectivity index (χ0n) is 11.9. The van der Waals surface area contributed by atoms with E-state index in [0.29, 0.717) is 0 Å². The number of carbonyl (C=O) groups is 1. The topological polar surface area (TPSA) is 39.3 Å². The number of H-pyrrole nitrogens is 1. The maximum Gasteiger partial charge on any atom is 0.256 e. The number of benzene rings is 1. The van der Waals surface area contributed by atoms with Gasteiger partial charge in [-0.15, -0.1) is 0 Å². The first-order valence-electron chi connectivity index (χ1n) is 7.37. The third-order valence-corrected chi connectivity index (χ3v) is 4.02. The van der Waals surface area contributed by atoms with Crippen molar-refractivity contribution in [3.8, 4) is 0 Å². The van der Waals surface area contributed by atoms with Gasteiger partial charge in [-0.25, -0.2) is 0 Å². The van der Waals surface area contributed by atoms with E-state index in [1.165, 1.54) is 6.42 Å². The zero-order valence-corrected chi connectivity index (χ0v) is 11.9. The Morgan fingerprint density at radius 3 is 2.75 bits per heavy atom. The number of amides is 1. The summed E-state index contributed by atoms with van der Waals surface area (Å²) in [5, 5.41) is 1.10. The van der Waals surface area contributed by atoms with Crippen molar-refractivity contribution < 1.29 is 4.79 Å². The zero-order chi connectivity index (χ0) is 13.9. The molecule has 1 aliphatic rings. The molecule has 1 aromatic heterocycles. The van der Waals surface area contributed by atoms with Crippen LogP contribution in [-0.4, -0.2) is 53.4 Å². The van der Waals surface area contributed by atoms with Gasteiger partial charge in [0, 0.05) is 37.8 Å². The molecule has 1 aromatic carbocycles. The normalized spacial score (nSPS) is 16.8. The van der Waals surface area contributed by atoms with E-state index >= 15 is 0 Å². The van der Waals surface area contributed by atoms with E-state index in [1.54, 1.807) is 0 Å². The summed E-state index contributed by atoms with van der Waals surface area (Å²) in [6.45, 7) is 6.96. The molecule has 2 aromatic rings. The Balaban J connectivity index is 1.75. The molecule has 1 saturated heterocycles. The average molecular weight is 271 g/mol. The van der Waals surface area contributed by atoms with Crippen LogP contribution in [0.4, 0.5) is 0 Å². The fraction of sp³-hybridized carbons (Fsp3) is 0.438. The number of carbonyl (C=O) groups excluding carboxylic acids is 1. The van der Waals surface area contributed by atoms with Crippen LogP contribution in [0.25, 0.3) is 10.9 Å². The lowest BCUT2D eigenvalue weighted by molar-refractivity contribution is 0.0639. The maximum atomic E-state index is 12.7. The molecule has 0 saturated carbocycles. The quantitative estimate of drug-likeness (QED) is 0.930. The first kappa shape index (κ1) is 13.2. The minimum Gasteiger partial charge on any atom is -0.361 e. The number of para-hydroxylation sites is 1. The number of hydrogen-bond acceptors (Lipinski definition) is 2. The standard InChI is InChI=1S/C16H21N3O/c1-2-8-18-9-11-19(12-10-18)16(20)14-5-3-4-13-6-7-17-15(13)14/h3-7,17H,2,8-12H2,1H3. The Kier molecular flexibility index (Phi) is 3.74. The van der Waals surface area contributed by atoms with Crippen molar-refractivity contribution in [3.63, 3.8) is 0 Å². The van der Waals surface area contributed by atoms with Crippen molar-refractivity contribution >= 4 is 16.8 Å². The molecule has 1 amide bonds. The van der Waals surface area contributed by atoms with Crippen LogP contribution in [-0.2, 0) is 0 Å². The molecule has 0 spiro atoms. The number of nitrogens with zero attached hydrogens (tertiary/aromatic N) is 2. The number of fused-ring (bicyclic) bond motifs is 1. The Labute approximate surface area is 119 Å². The fourth-order valence-corrected chi connectivity index (χ4v) is 2.92. The van der Waals surface area contributed by atoms with Crippen LogP contribution < -0.4 is 0 Å². The van der Waals surface area contributed by atoms with Crippen LogP contribution in [0.2, 0.25) is 0 Å². The Morgan fingerprint density at radius 1 is 1.20 bits per heavy atom. The van der Waals surface area contributed by atoms with Gasteiger partial charge in [0.2, 0.25) is 0 Å². The van der Waals surface area contributed by atoms with Crippen LogP contribution in [0.5, 0.6) is 0 Å². The second-order valence-corrected chi connectivity index (χ2v) is 5.38. The van der Waals surface area contributed by atoms with Crippen molar-refractivity contribution in [1.82, 2.24) is 14.8 Å². The first-order valence-corrected chi connectivity index (χ1v) is 7.37. The van der Waals surface area contributed by atoms with E-state index in [4.69, 9.17) is 0 Å². The molecule has 0 bridgehead atoms. The molecular weight excluding hydrogens is 250 g/mol. The lowest BCUT2D eigenvalue weighted by atomic mass is 10.1. The van der Waals surface area contributed by atoms with Crippen LogP contribution in [0.15, 0.2) is 30.5 Å². The molecule has 4 heteroatoms. The first-order chi connectivity index (χ1) is 9.79. The molecular formula is C16H21N3O. The average Bonchev–Trinajstić information content (AvgIpc) is 2.96. The molecule has 1 fully saturated rings. The predicted molar refractivity (Wildman–Crippen MR) is 80.9 cm³/mol. The number of rotatable bonds is 3. The van der Waals surface area contributed by atoms with Crippen LogP contribution >= 0.6 is 0 Å². The largest absolute Gasteiger partial charge is 0.361 e. The number of nitrogens with one attached hydrogen (secondary N) is 1. The van der Waals surface area contributed by atoms with Crippen LogP contribution in [0.3, 0.4) is 0 Å². The lowest BCUT2D eigenvalue weighted by Crippen LogP contribution is -2.48. The molecule has 0 radical (unpaired) electrons. The van der Waals surface area contributed by atoms with E-state index in [1.807, 2.05) is 35.4 Å². The fourth-order valence-electron chi connectivity index (χ4n) is 2.92. The number of aromatic nitrogens is 1. The molecule has 1 N–H and O–H groups in total. The Bertz CT molecular complexity index is 597. The highest BCUT2D eigenvalue weighted by Gasteiger charge is 2.23. The third kappa shape index (κ3) is 2.43. The third-order valence-electron chi connectivity index (χ3n) is 4.02. The Hall–Kier alpha value is -1.81. The second kappa shape index (κ2) is 5.67. The summed E-state index contributed by atoms with van der Waals surface area (Å²) in [5.74, 6) is 0.147. The van der Waals surface area contributed by atoms with Gasteiger partial charge in [0.25, 0.3) is 5.91 Å². The highest BCUT2D eigenvalue weighted by Crippen LogP contribution is 2.19. The van der Waals surface area contributed by atoms with Gasteiger partial charge in [-0.3, -0.25) is 9.69 Å². The minimum atomic E-state index is 0.147. The summed E-state index contributed by atoms with van der Waals surface area (Å²) in [4.78, 5) is 20.2. The molecule has 0 aliphatic carbocycles. The van der Waals surface area contributed by atoms with Crippen LogP contribution in [0, 0.1) is 0 Å². The van der Waals surface area contributed by atoms with Gasteiger partial charge in [0.1, 0.15) is 0 Å². The summed E-state index contributed by atoms with van der Waals surface area (Å²) < 4.78 is 0. The molecule has 3 rings (SSSR count). The van der Waals surface area contributed by atoms with Crippen LogP contribution in [0.1, 0.15) is 23.7 Å². The summed E-state index contributed by atoms with van der Waals surface area (Å²) in [6, 6.07) is 7.91. The van der Waals surface area contributed by atoms with E-state index < -0.39 is 0 Å². The lowest BCUT2D eigenvalue weighted by Gasteiger charge is -2.34. The molecule has 4 nitrogen and oxygen atoms in total. The van der Waals surface area contributed by atoms with Crippen molar-refractivity contribution in [3.05, 3.63) is 36.0 Å². The van der Waals surface area contributed by atoms with Gasteiger partial charge < -0.3 is 9.88 Å². The monoisotopic (exact) mass is 271 g/mol. The molecule has 0 atom stereocenters. The van der Waals surface area contributed by atoms with E-state index in [2.05, 4.69) is 16.8 Å². The van der Waals surface area contributed by atoms with Crippen molar-refractivity contribution in [2.45, 2.75) is 13.3 Å². The van der Waals surface area contributed by atoms with E-state index in [-0.39, 0.29) is 5.91 Å². The number of piperazine rings is 1. The van der Waals surface area contributed by atoms with Gasteiger partial charge in [0.05, 0.1) is 11.1 Å². The SMILES string of the molecule is CCCN1CCN(C(=O)c2cccc3cc[nH]c23)CC1. The smallest absolute Gasteiger partial charge is 0.256 e. The highest BCUT2D eigenvalue weighted by atomic mass is 16.2. The van der Waals surface area contributed by atoms with Gasteiger partial charge in [-0.2, -0.15) is 0 Å². The van der Waals surface area contributed by atoms with Gasteiger partial charge in [-0.1, -0.05) is 19.1 Å². The summed E-state index contributed by atoms with van der Waals surface area (Å²) in [5.41, 5.74) is 1.74. The predicted octanol–water partition coefficient (Wildman–Crippen LogP) is 2.34. The molecule has 2 heterocycles. The maximum absolute atomic E-state index is 12.7.